The van der Waals surface area contributed by atoms with Crippen LogP contribution in [0.3, 0.4) is 0 Å². The quantitative estimate of drug-likeness (QED) is 0.402. The molecule has 0 fully saturated rings. The van der Waals surface area contributed by atoms with E-state index in [9.17, 15) is 14.9 Å². The molecule has 1 amide bonds. The number of carbonyl (C=O) groups excluding carboxylic acids is 1. The van der Waals surface area contributed by atoms with E-state index in [2.05, 4.69) is 10.6 Å². The molecular formula is C11H16N4O3. The highest BCUT2D eigenvalue weighted by Crippen LogP contribution is 2.24. The van der Waals surface area contributed by atoms with E-state index in [4.69, 9.17) is 5.73 Å². The van der Waals surface area contributed by atoms with Gasteiger partial charge in [-0.1, -0.05) is 6.07 Å². The normalized spacial score (nSPS) is 11.9. The molecule has 1 aromatic rings. The first-order valence-electron chi connectivity index (χ1n) is 5.45. The zero-order chi connectivity index (χ0) is 13.7. The maximum atomic E-state index is 11.8. The fourth-order valence-corrected chi connectivity index (χ4v) is 1.35. The fourth-order valence-electron chi connectivity index (χ4n) is 1.35. The highest BCUT2D eigenvalue weighted by atomic mass is 16.6. The number of para-hydroxylation sites is 1. The van der Waals surface area contributed by atoms with E-state index in [1.807, 2.05) is 6.92 Å². The SMILES string of the molecule is CNC(C)CNC(=O)c1cccc([N+](=O)[O-])c1N. The second-order valence-electron chi connectivity index (χ2n) is 3.90. The van der Waals surface area contributed by atoms with Crippen molar-refractivity contribution in [3.63, 3.8) is 0 Å². The van der Waals surface area contributed by atoms with Crippen molar-refractivity contribution in [3.8, 4) is 0 Å². The summed E-state index contributed by atoms with van der Waals surface area (Å²) in [5.41, 5.74) is 5.35. The summed E-state index contributed by atoms with van der Waals surface area (Å²) in [4.78, 5) is 21.9. The average Bonchev–Trinajstić information content (AvgIpc) is 2.35. The third-order valence-electron chi connectivity index (χ3n) is 2.59. The van der Waals surface area contributed by atoms with Crippen LogP contribution in [0.1, 0.15) is 17.3 Å². The molecule has 0 aliphatic rings. The molecule has 0 heterocycles. The summed E-state index contributed by atoms with van der Waals surface area (Å²) < 4.78 is 0. The number of benzene rings is 1. The number of nitrogen functional groups attached to an aromatic ring is 1. The minimum Gasteiger partial charge on any atom is -0.393 e. The van der Waals surface area contributed by atoms with Crippen molar-refractivity contribution in [2.24, 2.45) is 0 Å². The van der Waals surface area contributed by atoms with E-state index in [0.717, 1.165) is 0 Å². The Hall–Kier alpha value is -2.15. The molecule has 0 radical (unpaired) electrons. The van der Waals surface area contributed by atoms with Crippen LogP contribution >= 0.6 is 0 Å². The maximum absolute atomic E-state index is 11.8. The topological polar surface area (TPSA) is 110 Å². The summed E-state index contributed by atoms with van der Waals surface area (Å²) in [5.74, 6) is -0.418. The van der Waals surface area contributed by atoms with Crippen molar-refractivity contribution in [1.82, 2.24) is 10.6 Å². The van der Waals surface area contributed by atoms with E-state index >= 15 is 0 Å². The summed E-state index contributed by atoms with van der Waals surface area (Å²) in [6.07, 6.45) is 0. The predicted octanol–water partition coefficient (Wildman–Crippen LogP) is 0.515. The van der Waals surface area contributed by atoms with Crippen LogP contribution < -0.4 is 16.4 Å². The standard InChI is InChI=1S/C11H16N4O3/c1-7(13-2)6-14-11(16)8-4-3-5-9(10(8)12)15(17)18/h3-5,7,13H,6,12H2,1-2H3,(H,14,16). The van der Waals surface area contributed by atoms with Crippen LogP contribution in [0.25, 0.3) is 0 Å². The number of hydrogen-bond acceptors (Lipinski definition) is 5. The molecular weight excluding hydrogens is 236 g/mol. The van der Waals surface area contributed by atoms with E-state index < -0.39 is 10.8 Å². The van der Waals surface area contributed by atoms with Crippen molar-refractivity contribution >= 4 is 17.3 Å². The van der Waals surface area contributed by atoms with Crippen LogP contribution in [-0.4, -0.2) is 30.5 Å². The Labute approximate surface area is 105 Å². The first-order chi connectivity index (χ1) is 8.47. The Morgan fingerprint density at radius 3 is 2.78 bits per heavy atom. The van der Waals surface area contributed by atoms with Gasteiger partial charge in [-0.2, -0.15) is 0 Å². The number of rotatable bonds is 5. The third-order valence-corrected chi connectivity index (χ3v) is 2.59. The lowest BCUT2D eigenvalue weighted by molar-refractivity contribution is -0.383. The molecule has 1 unspecified atom stereocenters. The number of nitrogens with two attached hydrogens (primary N) is 1. The van der Waals surface area contributed by atoms with Crippen LogP contribution in [0.15, 0.2) is 18.2 Å². The number of nitrogens with zero attached hydrogens (tertiary/aromatic N) is 1. The molecule has 0 spiro atoms. The van der Waals surface area contributed by atoms with Crippen molar-refractivity contribution in [3.05, 3.63) is 33.9 Å². The van der Waals surface area contributed by atoms with E-state index in [1.165, 1.54) is 18.2 Å². The summed E-state index contributed by atoms with van der Waals surface area (Å²) in [7, 11) is 1.78. The maximum Gasteiger partial charge on any atom is 0.292 e. The Morgan fingerprint density at radius 2 is 2.22 bits per heavy atom. The molecule has 0 saturated carbocycles. The van der Waals surface area contributed by atoms with Gasteiger partial charge in [0.2, 0.25) is 0 Å². The van der Waals surface area contributed by atoms with Gasteiger partial charge in [0, 0.05) is 18.7 Å². The number of hydrogen-bond donors (Lipinski definition) is 3. The molecule has 0 saturated heterocycles. The zero-order valence-electron chi connectivity index (χ0n) is 10.3. The van der Waals surface area contributed by atoms with Gasteiger partial charge in [0.15, 0.2) is 0 Å². The van der Waals surface area contributed by atoms with Gasteiger partial charge < -0.3 is 16.4 Å². The number of nitro benzene ring substituents is 1. The van der Waals surface area contributed by atoms with Gasteiger partial charge in [-0.3, -0.25) is 14.9 Å². The van der Waals surface area contributed by atoms with Gasteiger partial charge >= 0.3 is 0 Å². The first kappa shape index (κ1) is 13.9. The second kappa shape index (κ2) is 5.97. The predicted molar refractivity (Wildman–Crippen MR) is 68.4 cm³/mol. The van der Waals surface area contributed by atoms with Gasteiger partial charge in [0.05, 0.1) is 10.5 Å². The van der Waals surface area contributed by atoms with Crippen LogP contribution in [0.4, 0.5) is 11.4 Å². The molecule has 0 aromatic heterocycles. The highest BCUT2D eigenvalue weighted by Gasteiger charge is 2.18. The lowest BCUT2D eigenvalue weighted by atomic mass is 10.1. The number of carbonyl (C=O) groups is 1. The fraction of sp³-hybridized carbons (Fsp3) is 0.364. The average molecular weight is 252 g/mol. The molecule has 7 heteroatoms. The molecule has 0 bridgehead atoms. The van der Waals surface area contributed by atoms with Gasteiger partial charge in [0.25, 0.3) is 11.6 Å². The molecule has 4 N–H and O–H groups in total. The molecule has 18 heavy (non-hydrogen) atoms. The molecule has 98 valence electrons. The monoisotopic (exact) mass is 252 g/mol. The van der Waals surface area contributed by atoms with Gasteiger partial charge in [-0.05, 0) is 20.0 Å². The molecule has 1 aromatic carbocycles. The summed E-state index contributed by atoms with van der Waals surface area (Å²) in [6, 6.07) is 4.27. The summed E-state index contributed by atoms with van der Waals surface area (Å²) in [5, 5.41) is 16.3. The molecule has 1 rings (SSSR count). The Morgan fingerprint density at radius 1 is 1.56 bits per heavy atom. The Kier molecular flexibility index (Phi) is 4.61. The molecule has 0 aliphatic carbocycles. The number of amides is 1. The van der Waals surface area contributed by atoms with E-state index in [1.54, 1.807) is 7.05 Å². The van der Waals surface area contributed by atoms with Crippen molar-refractivity contribution in [2.45, 2.75) is 13.0 Å². The van der Waals surface area contributed by atoms with Gasteiger partial charge in [-0.25, -0.2) is 0 Å². The largest absolute Gasteiger partial charge is 0.393 e. The number of anilines is 1. The summed E-state index contributed by atoms with van der Waals surface area (Å²) in [6.45, 7) is 2.31. The minimum atomic E-state index is -0.609. The van der Waals surface area contributed by atoms with Crippen molar-refractivity contribution in [1.29, 1.82) is 0 Å². The smallest absolute Gasteiger partial charge is 0.292 e. The third kappa shape index (κ3) is 3.17. The minimum absolute atomic E-state index is 0.105. The lowest BCUT2D eigenvalue weighted by Gasteiger charge is -2.12. The molecule has 0 aliphatic heterocycles. The number of nitro groups is 1. The zero-order valence-corrected chi connectivity index (χ0v) is 10.3. The first-order valence-corrected chi connectivity index (χ1v) is 5.45. The lowest BCUT2D eigenvalue weighted by Crippen LogP contribution is -2.37. The highest BCUT2D eigenvalue weighted by molar-refractivity contribution is 6.00. The number of likely N-dealkylation sites (N-methyl/N-ethyl adjacent to an activating group) is 1. The van der Waals surface area contributed by atoms with Gasteiger partial charge in [0.1, 0.15) is 5.69 Å². The van der Waals surface area contributed by atoms with Crippen LogP contribution in [0, 0.1) is 10.1 Å². The van der Waals surface area contributed by atoms with Crippen molar-refractivity contribution < 1.29 is 9.72 Å². The Balaban J connectivity index is 2.86. The van der Waals surface area contributed by atoms with Crippen LogP contribution in [0.5, 0.6) is 0 Å². The second-order valence-corrected chi connectivity index (χ2v) is 3.90. The van der Waals surface area contributed by atoms with Crippen LogP contribution in [-0.2, 0) is 0 Å². The van der Waals surface area contributed by atoms with Gasteiger partial charge in [-0.15, -0.1) is 0 Å². The molecule has 1 atom stereocenters. The van der Waals surface area contributed by atoms with E-state index in [0.29, 0.717) is 6.54 Å². The summed E-state index contributed by atoms with van der Waals surface area (Å²) >= 11 is 0. The molecule has 7 nitrogen and oxygen atoms in total. The van der Waals surface area contributed by atoms with E-state index in [-0.39, 0.29) is 23.0 Å². The Bertz CT molecular complexity index is 462. The van der Waals surface area contributed by atoms with Crippen LogP contribution in [0.2, 0.25) is 0 Å². The van der Waals surface area contributed by atoms with Crippen molar-refractivity contribution in [2.75, 3.05) is 19.3 Å². The number of nitrogens with one attached hydrogen (secondary N) is 2.